The zero-order valence-corrected chi connectivity index (χ0v) is 18.8. The van der Waals surface area contributed by atoms with Gasteiger partial charge in [-0.25, -0.2) is 9.37 Å². The van der Waals surface area contributed by atoms with Crippen LogP contribution in [0.3, 0.4) is 0 Å². The molecule has 1 saturated heterocycles. The minimum atomic E-state index is -0.270. The maximum absolute atomic E-state index is 13.5. The highest BCUT2D eigenvalue weighted by atomic mass is 35.5. The first-order valence-electron chi connectivity index (χ1n) is 11.1. The number of rotatable bonds is 5. The van der Waals surface area contributed by atoms with Crippen LogP contribution in [0.4, 0.5) is 10.1 Å². The molecule has 0 saturated carbocycles. The number of imidazole rings is 1. The van der Waals surface area contributed by atoms with Gasteiger partial charge < -0.3 is 5.32 Å². The Kier molecular flexibility index (Phi) is 6.11. The number of para-hydroxylation sites is 3. The van der Waals surface area contributed by atoms with Crippen LogP contribution in [0.15, 0.2) is 72.8 Å². The van der Waals surface area contributed by atoms with Crippen molar-refractivity contribution in [2.45, 2.75) is 19.4 Å². The van der Waals surface area contributed by atoms with Gasteiger partial charge in [-0.05, 0) is 67.9 Å². The average Bonchev–Trinajstić information content (AvgIpc) is 3.19. The number of nitrogens with one attached hydrogen (secondary N) is 1. The molecule has 0 radical (unpaired) electrons. The summed E-state index contributed by atoms with van der Waals surface area (Å²) in [4.78, 5) is 20.1. The highest BCUT2D eigenvalue weighted by molar-refractivity contribution is 6.33. The van der Waals surface area contributed by atoms with Gasteiger partial charge in [0.2, 0.25) is 5.91 Å². The Hall–Kier alpha value is -3.22. The number of hydrogen-bond donors (Lipinski definition) is 1. The number of hydrogen-bond acceptors (Lipinski definition) is 3. The van der Waals surface area contributed by atoms with Gasteiger partial charge in [-0.15, -0.1) is 0 Å². The lowest BCUT2D eigenvalue weighted by atomic mass is 9.97. The van der Waals surface area contributed by atoms with Gasteiger partial charge >= 0.3 is 0 Å². The number of carbonyl (C=O) groups is 1. The van der Waals surface area contributed by atoms with Gasteiger partial charge in [0.1, 0.15) is 11.6 Å². The fraction of sp³-hybridized carbons (Fsp3) is 0.231. The van der Waals surface area contributed by atoms with Crippen molar-refractivity contribution in [2.75, 3.05) is 18.4 Å². The van der Waals surface area contributed by atoms with E-state index in [4.69, 9.17) is 16.6 Å². The van der Waals surface area contributed by atoms with Crippen LogP contribution in [0.5, 0.6) is 0 Å². The number of carbonyl (C=O) groups excluding carboxylic acids is 1. The summed E-state index contributed by atoms with van der Waals surface area (Å²) in [6, 6.07) is 21.7. The lowest BCUT2D eigenvalue weighted by Gasteiger charge is -2.31. The Balaban J connectivity index is 1.37. The number of halogens is 2. The van der Waals surface area contributed by atoms with E-state index < -0.39 is 0 Å². The first kappa shape index (κ1) is 21.6. The van der Waals surface area contributed by atoms with Crippen molar-refractivity contribution in [2.24, 2.45) is 5.92 Å². The number of piperidine rings is 1. The largest absolute Gasteiger partial charge is 0.324 e. The van der Waals surface area contributed by atoms with Crippen LogP contribution in [0.1, 0.15) is 18.7 Å². The van der Waals surface area contributed by atoms with Gasteiger partial charge in [0, 0.05) is 12.2 Å². The molecule has 0 bridgehead atoms. The smallest absolute Gasteiger partial charge is 0.228 e. The molecule has 33 heavy (non-hydrogen) atoms. The van der Waals surface area contributed by atoms with Crippen LogP contribution >= 0.6 is 11.6 Å². The van der Waals surface area contributed by atoms with E-state index in [1.165, 1.54) is 12.1 Å². The monoisotopic (exact) mass is 462 g/mol. The van der Waals surface area contributed by atoms with Crippen molar-refractivity contribution in [3.63, 3.8) is 0 Å². The van der Waals surface area contributed by atoms with E-state index in [1.807, 2.05) is 42.5 Å². The van der Waals surface area contributed by atoms with Crippen LogP contribution in [0, 0.1) is 11.7 Å². The Labute approximate surface area is 196 Å². The van der Waals surface area contributed by atoms with E-state index in [9.17, 15) is 9.18 Å². The molecular weight excluding hydrogens is 439 g/mol. The lowest BCUT2D eigenvalue weighted by Crippen LogP contribution is -2.40. The van der Waals surface area contributed by atoms with Gasteiger partial charge in [-0.2, -0.15) is 0 Å². The van der Waals surface area contributed by atoms with E-state index in [-0.39, 0.29) is 17.6 Å². The Morgan fingerprint density at radius 1 is 1.06 bits per heavy atom. The normalized spacial score (nSPS) is 16.7. The quantitative estimate of drug-likeness (QED) is 0.416. The molecule has 1 aliphatic rings. The van der Waals surface area contributed by atoms with E-state index in [1.54, 1.807) is 18.2 Å². The van der Waals surface area contributed by atoms with Gasteiger partial charge in [0.25, 0.3) is 0 Å². The Morgan fingerprint density at radius 2 is 1.82 bits per heavy atom. The molecule has 1 amide bonds. The van der Waals surface area contributed by atoms with Gasteiger partial charge in [-0.3, -0.25) is 14.3 Å². The highest BCUT2D eigenvalue weighted by Crippen LogP contribution is 2.26. The second-order valence-electron chi connectivity index (χ2n) is 8.37. The van der Waals surface area contributed by atoms with Crippen molar-refractivity contribution in [1.29, 1.82) is 0 Å². The van der Waals surface area contributed by atoms with E-state index in [2.05, 4.69) is 14.8 Å². The Bertz CT molecular complexity index is 1290. The molecule has 5 nitrogen and oxygen atoms in total. The summed E-state index contributed by atoms with van der Waals surface area (Å²) in [7, 11) is 0. The van der Waals surface area contributed by atoms with Crippen molar-refractivity contribution in [3.8, 4) is 5.69 Å². The maximum Gasteiger partial charge on any atom is 0.228 e. The van der Waals surface area contributed by atoms with E-state index >= 15 is 0 Å². The fourth-order valence-electron chi connectivity index (χ4n) is 4.47. The summed E-state index contributed by atoms with van der Waals surface area (Å²) < 4.78 is 15.6. The zero-order chi connectivity index (χ0) is 22.8. The number of nitrogens with zero attached hydrogens (tertiary/aromatic N) is 3. The third kappa shape index (κ3) is 4.63. The second kappa shape index (κ2) is 9.33. The zero-order valence-electron chi connectivity index (χ0n) is 18.0. The Morgan fingerprint density at radius 3 is 2.64 bits per heavy atom. The molecule has 1 atom stereocenters. The summed E-state index contributed by atoms with van der Waals surface area (Å²) in [5.41, 5.74) is 3.37. The number of likely N-dealkylation sites (tertiary alicyclic amines) is 1. The molecule has 1 aliphatic heterocycles. The number of benzene rings is 3. The molecule has 0 aliphatic carbocycles. The van der Waals surface area contributed by atoms with Crippen molar-refractivity contribution in [3.05, 3.63) is 89.5 Å². The molecule has 168 valence electrons. The molecule has 2 heterocycles. The van der Waals surface area contributed by atoms with E-state index in [0.29, 0.717) is 23.8 Å². The van der Waals surface area contributed by atoms with Crippen molar-refractivity contribution >= 4 is 34.2 Å². The van der Waals surface area contributed by atoms with Crippen LogP contribution in [0.2, 0.25) is 5.02 Å². The predicted molar refractivity (Wildman–Crippen MR) is 129 cm³/mol. The third-order valence-corrected chi connectivity index (χ3v) is 6.42. The molecule has 7 heteroatoms. The minimum Gasteiger partial charge on any atom is -0.324 e. The SMILES string of the molecule is O=C(Nc1ccccc1Cl)[C@H]1CCCN(Cc2nc3ccccc3n2-c2ccc(F)cc2)C1. The summed E-state index contributed by atoms with van der Waals surface area (Å²) in [5.74, 6) is 0.460. The molecule has 0 spiro atoms. The third-order valence-electron chi connectivity index (χ3n) is 6.09. The minimum absolute atomic E-state index is 0.0140. The molecular formula is C26H24ClFN4O. The number of aromatic nitrogens is 2. The van der Waals surface area contributed by atoms with Crippen molar-refractivity contribution < 1.29 is 9.18 Å². The number of fused-ring (bicyclic) bond motifs is 1. The van der Waals surface area contributed by atoms with Crippen LogP contribution in [0.25, 0.3) is 16.7 Å². The lowest BCUT2D eigenvalue weighted by molar-refractivity contribution is -0.121. The molecule has 1 fully saturated rings. The van der Waals surface area contributed by atoms with Crippen molar-refractivity contribution in [1.82, 2.24) is 14.5 Å². The molecule has 1 aromatic heterocycles. The topological polar surface area (TPSA) is 50.2 Å². The summed E-state index contributed by atoms with van der Waals surface area (Å²) in [5, 5.41) is 3.51. The van der Waals surface area contributed by atoms with Crippen LogP contribution < -0.4 is 5.32 Å². The summed E-state index contributed by atoms with van der Waals surface area (Å²) in [6.45, 7) is 2.13. The first-order valence-corrected chi connectivity index (χ1v) is 11.5. The van der Waals surface area contributed by atoms with Gasteiger partial charge in [0.05, 0.1) is 34.2 Å². The van der Waals surface area contributed by atoms with Crippen LogP contribution in [-0.4, -0.2) is 33.4 Å². The number of amides is 1. The summed E-state index contributed by atoms with van der Waals surface area (Å²) in [6.07, 6.45) is 1.76. The highest BCUT2D eigenvalue weighted by Gasteiger charge is 2.27. The molecule has 5 rings (SSSR count). The van der Waals surface area contributed by atoms with E-state index in [0.717, 1.165) is 41.9 Å². The van der Waals surface area contributed by atoms with Gasteiger partial charge in [0.15, 0.2) is 0 Å². The van der Waals surface area contributed by atoms with Crippen LogP contribution in [-0.2, 0) is 11.3 Å². The number of anilines is 1. The van der Waals surface area contributed by atoms with Gasteiger partial charge in [-0.1, -0.05) is 35.9 Å². The molecule has 0 unspecified atom stereocenters. The summed E-state index contributed by atoms with van der Waals surface area (Å²) >= 11 is 6.21. The second-order valence-corrected chi connectivity index (χ2v) is 8.78. The maximum atomic E-state index is 13.5. The first-order chi connectivity index (χ1) is 16.1. The fourth-order valence-corrected chi connectivity index (χ4v) is 4.65. The predicted octanol–water partition coefficient (Wildman–Crippen LogP) is 5.67. The molecule has 4 aromatic rings. The standard InChI is InChI=1S/C26H24ClFN4O/c27-21-7-1-2-8-22(21)30-26(33)18-6-5-15-31(16-18)17-25-29-23-9-3-4-10-24(23)32(25)20-13-11-19(28)12-14-20/h1-4,7-14,18H,5-6,15-17H2,(H,30,33)/t18-/m0/s1. The molecule has 1 N–H and O–H groups in total. The molecule has 3 aromatic carbocycles. The average molecular weight is 463 g/mol.